The molecule has 17 heavy (non-hydrogen) atoms. The number of halogens is 1. The van der Waals surface area contributed by atoms with Gasteiger partial charge in [-0.15, -0.1) is 0 Å². The molecule has 4 nitrogen and oxygen atoms in total. The van der Waals surface area contributed by atoms with Crippen LogP contribution in [0.25, 0.3) is 0 Å². The SMILES string of the molecule is CCCCC(N)C(=O)Nc1cc(C)cnc1Cl. The van der Waals surface area contributed by atoms with Crippen LogP contribution in [0.3, 0.4) is 0 Å². The number of carbonyl (C=O) groups excluding carboxylic acids is 1. The van der Waals surface area contributed by atoms with Crippen LogP contribution in [-0.2, 0) is 4.79 Å². The van der Waals surface area contributed by atoms with Gasteiger partial charge < -0.3 is 11.1 Å². The predicted molar refractivity (Wildman–Crippen MR) is 70.1 cm³/mol. The Morgan fingerprint density at radius 3 is 3.00 bits per heavy atom. The molecule has 1 aromatic rings. The van der Waals surface area contributed by atoms with E-state index in [2.05, 4.69) is 17.2 Å². The first-order valence-electron chi connectivity index (χ1n) is 5.73. The summed E-state index contributed by atoms with van der Waals surface area (Å²) in [6.07, 6.45) is 4.29. The number of nitrogens with one attached hydrogen (secondary N) is 1. The summed E-state index contributed by atoms with van der Waals surface area (Å²) < 4.78 is 0. The second-order valence-corrected chi connectivity index (χ2v) is 4.45. The molecule has 0 aliphatic rings. The van der Waals surface area contributed by atoms with Gasteiger partial charge in [0.15, 0.2) is 5.15 Å². The predicted octanol–water partition coefficient (Wildman–Crippen LogP) is 2.50. The Morgan fingerprint density at radius 1 is 1.65 bits per heavy atom. The average molecular weight is 256 g/mol. The Labute approximate surface area is 107 Å². The van der Waals surface area contributed by atoms with Crippen LogP contribution in [0, 0.1) is 6.92 Å². The zero-order chi connectivity index (χ0) is 12.8. The summed E-state index contributed by atoms with van der Waals surface area (Å²) in [4.78, 5) is 15.7. The van der Waals surface area contributed by atoms with E-state index in [9.17, 15) is 4.79 Å². The first kappa shape index (κ1) is 13.9. The molecule has 1 rings (SSSR count). The van der Waals surface area contributed by atoms with Crippen molar-refractivity contribution < 1.29 is 4.79 Å². The highest BCUT2D eigenvalue weighted by Gasteiger charge is 2.14. The third-order valence-corrected chi connectivity index (χ3v) is 2.74. The fraction of sp³-hybridized carbons (Fsp3) is 0.500. The van der Waals surface area contributed by atoms with Crippen LogP contribution < -0.4 is 11.1 Å². The van der Waals surface area contributed by atoms with Crippen molar-refractivity contribution >= 4 is 23.2 Å². The molecular formula is C12H18ClN3O. The van der Waals surface area contributed by atoms with Gasteiger partial charge in [-0.1, -0.05) is 31.4 Å². The minimum atomic E-state index is -0.494. The van der Waals surface area contributed by atoms with Crippen molar-refractivity contribution in [2.45, 2.75) is 39.2 Å². The number of hydrogen-bond donors (Lipinski definition) is 2. The molecule has 0 fully saturated rings. The number of aromatic nitrogens is 1. The van der Waals surface area contributed by atoms with Crippen molar-refractivity contribution in [2.24, 2.45) is 5.73 Å². The number of anilines is 1. The smallest absolute Gasteiger partial charge is 0.241 e. The van der Waals surface area contributed by atoms with E-state index >= 15 is 0 Å². The van der Waals surface area contributed by atoms with Gasteiger partial charge in [0.25, 0.3) is 0 Å². The lowest BCUT2D eigenvalue weighted by Gasteiger charge is -2.12. The topological polar surface area (TPSA) is 68.0 Å². The minimum absolute atomic E-state index is 0.215. The highest BCUT2D eigenvalue weighted by atomic mass is 35.5. The molecule has 1 atom stereocenters. The lowest BCUT2D eigenvalue weighted by molar-refractivity contribution is -0.117. The molecule has 1 unspecified atom stereocenters. The Balaban J connectivity index is 2.64. The molecule has 0 aromatic carbocycles. The van der Waals surface area contributed by atoms with E-state index in [1.54, 1.807) is 12.3 Å². The molecule has 5 heteroatoms. The Hall–Kier alpha value is -1.13. The summed E-state index contributed by atoms with van der Waals surface area (Å²) in [6.45, 7) is 3.95. The van der Waals surface area contributed by atoms with E-state index in [0.717, 1.165) is 18.4 Å². The molecule has 0 saturated carbocycles. The van der Waals surface area contributed by atoms with E-state index in [4.69, 9.17) is 17.3 Å². The second kappa shape index (κ2) is 6.57. The highest BCUT2D eigenvalue weighted by Crippen LogP contribution is 2.20. The van der Waals surface area contributed by atoms with Crippen LogP contribution in [0.5, 0.6) is 0 Å². The zero-order valence-corrected chi connectivity index (χ0v) is 10.9. The summed E-state index contributed by atoms with van der Waals surface area (Å²) >= 11 is 5.88. The standard InChI is InChI=1S/C12H18ClN3O/c1-3-4-5-9(14)12(17)16-10-6-8(2)7-15-11(10)13/h6-7,9H,3-5,14H2,1-2H3,(H,16,17). The first-order valence-corrected chi connectivity index (χ1v) is 6.11. The van der Waals surface area contributed by atoms with Gasteiger partial charge in [0.1, 0.15) is 0 Å². The number of pyridine rings is 1. The number of aryl methyl sites for hydroxylation is 1. The van der Waals surface area contributed by atoms with Gasteiger partial charge in [0.05, 0.1) is 11.7 Å². The number of unbranched alkanes of at least 4 members (excludes halogenated alkanes) is 1. The number of amides is 1. The zero-order valence-electron chi connectivity index (χ0n) is 10.2. The van der Waals surface area contributed by atoms with Gasteiger partial charge in [-0.2, -0.15) is 0 Å². The Bertz CT molecular complexity index is 395. The summed E-state index contributed by atoms with van der Waals surface area (Å²) in [5.74, 6) is -0.215. The van der Waals surface area contributed by atoms with Crippen molar-refractivity contribution in [1.82, 2.24) is 4.98 Å². The van der Waals surface area contributed by atoms with E-state index in [1.165, 1.54) is 0 Å². The highest BCUT2D eigenvalue weighted by molar-refractivity contribution is 6.32. The van der Waals surface area contributed by atoms with Crippen LogP contribution in [0.1, 0.15) is 31.7 Å². The molecule has 0 radical (unpaired) electrons. The first-order chi connectivity index (χ1) is 8.04. The fourth-order valence-electron chi connectivity index (χ4n) is 1.42. The second-order valence-electron chi connectivity index (χ2n) is 4.09. The molecule has 0 aliphatic heterocycles. The third kappa shape index (κ3) is 4.32. The van der Waals surface area contributed by atoms with Crippen LogP contribution in [0.2, 0.25) is 5.15 Å². The maximum Gasteiger partial charge on any atom is 0.241 e. The number of rotatable bonds is 5. The van der Waals surface area contributed by atoms with E-state index in [0.29, 0.717) is 12.1 Å². The lowest BCUT2D eigenvalue weighted by Crippen LogP contribution is -2.35. The maximum absolute atomic E-state index is 11.8. The van der Waals surface area contributed by atoms with Crippen LogP contribution in [0.15, 0.2) is 12.3 Å². The Kier molecular flexibility index (Phi) is 5.38. The quantitative estimate of drug-likeness (QED) is 0.795. The molecule has 1 aromatic heterocycles. The molecule has 0 aliphatic carbocycles. The molecule has 0 bridgehead atoms. The molecule has 1 heterocycles. The summed E-state index contributed by atoms with van der Waals surface area (Å²) in [7, 11) is 0. The average Bonchev–Trinajstić information content (AvgIpc) is 2.30. The normalized spacial score (nSPS) is 12.2. The Morgan fingerprint density at radius 2 is 2.35 bits per heavy atom. The van der Waals surface area contributed by atoms with Crippen molar-refractivity contribution in [1.29, 1.82) is 0 Å². The number of nitrogens with zero attached hydrogens (tertiary/aromatic N) is 1. The molecular weight excluding hydrogens is 238 g/mol. The monoisotopic (exact) mass is 255 g/mol. The van der Waals surface area contributed by atoms with Gasteiger partial charge in [0, 0.05) is 6.20 Å². The van der Waals surface area contributed by atoms with Gasteiger partial charge in [-0.25, -0.2) is 4.98 Å². The molecule has 3 N–H and O–H groups in total. The number of nitrogens with two attached hydrogens (primary N) is 1. The van der Waals surface area contributed by atoms with Crippen LogP contribution in [-0.4, -0.2) is 16.9 Å². The lowest BCUT2D eigenvalue weighted by atomic mass is 10.1. The summed E-state index contributed by atoms with van der Waals surface area (Å²) in [6, 6.07) is 1.28. The fourth-order valence-corrected chi connectivity index (χ4v) is 1.57. The van der Waals surface area contributed by atoms with Crippen LogP contribution in [0.4, 0.5) is 5.69 Å². The third-order valence-electron chi connectivity index (χ3n) is 2.44. The van der Waals surface area contributed by atoms with Gasteiger partial charge in [0.2, 0.25) is 5.91 Å². The molecule has 0 saturated heterocycles. The molecule has 94 valence electrons. The van der Waals surface area contributed by atoms with Crippen LogP contribution >= 0.6 is 11.6 Å². The van der Waals surface area contributed by atoms with E-state index in [1.807, 2.05) is 6.92 Å². The number of hydrogen-bond acceptors (Lipinski definition) is 3. The molecule has 1 amide bonds. The van der Waals surface area contributed by atoms with Crippen molar-refractivity contribution in [3.8, 4) is 0 Å². The number of carbonyl (C=O) groups is 1. The van der Waals surface area contributed by atoms with E-state index in [-0.39, 0.29) is 11.1 Å². The maximum atomic E-state index is 11.8. The van der Waals surface area contributed by atoms with E-state index < -0.39 is 6.04 Å². The molecule has 0 spiro atoms. The van der Waals surface area contributed by atoms with Gasteiger partial charge in [-0.05, 0) is 25.0 Å². The van der Waals surface area contributed by atoms with Crippen molar-refractivity contribution in [3.05, 3.63) is 23.0 Å². The summed E-state index contributed by atoms with van der Waals surface area (Å²) in [5, 5.41) is 2.99. The summed E-state index contributed by atoms with van der Waals surface area (Å²) in [5.41, 5.74) is 7.22. The largest absolute Gasteiger partial charge is 0.322 e. The van der Waals surface area contributed by atoms with Crippen molar-refractivity contribution in [3.63, 3.8) is 0 Å². The van der Waals surface area contributed by atoms with Gasteiger partial charge >= 0.3 is 0 Å². The van der Waals surface area contributed by atoms with Gasteiger partial charge in [-0.3, -0.25) is 4.79 Å². The van der Waals surface area contributed by atoms with Crippen molar-refractivity contribution in [2.75, 3.05) is 5.32 Å². The minimum Gasteiger partial charge on any atom is -0.322 e.